The van der Waals surface area contributed by atoms with Crippen molar-refractivity contribution in [2.24, 2.45) is 11.7 Å². The molecule has 3 heteroatoms. The Morgan fingerprint density at radius 3 is 2.53 bits per heavy atom. The fourth-order valence-electron chi connectivity index (χ4n) is 1.62. The van der Waals surface area contributed by atoms with Gasteiger partial charge in [-0.3, -0.25) is 0 Å². The van der Waals surface area contributed by atoms with E-state index in [1.165, 1.54) is 11.3 Å². The topological polar surface area (TPSA) is 47.3 Å². The van der Waals surface area contributed by atoms with Crippen LogP contribution < -0.4 is 11.1 Å². The quantitative estimate of drug-likeness (QED) is 0.762. The Bertz CT molecular complexity index is 293. The number of anilines is 1. The highest BCUT2D eigenvalue weighted by Gasteiger charge is 2.17. The smallest absolute Gasteiger partial charge is 0.0533 e. The van der Waals surface area contributed by atoms with Crippen molar-refractivity contribution in [2.75, 3.05) is 31.6 Å². The Labute approximate surface area is 90.6 Å². The number of nitrogens with one attached hydrogen (secondary N) is 1. The van der Waals surface area contributed by atoms with E-state index in [0.717, 1.165) is 26.2 Å². The van der Waals surface area contributed by atoms with Gasteiger partial charge < -0.3 is 15.8 Å². The molecule has 0 radical (unpaired) electrons. The Hall–Kier alpha value is -1.06. The fourth-order valence-corrected chi connectivity index (χ4v) is 1.62. The molecule has 0 aromatic heterocycles. The van der Waals surface area contributed by atoms with Gasteiger partial charge in [-0.2, -0.15) is 0 Å². The van der Waals surface area contributed by atoms with Crippen LogP contribution in [-0.2, 0) is 11.2 Å². The highest BCUT2D eigenvalue weighted by atomic mass is 16.5. The second kappa shape index (κ2) is 5.14. The molecule has 1 aliphatic heterocycles. The lowest BCUT2D eigenvalue weighted by Crippen LogP contribution is -2.33. The van der Waals surface area contributed by atoms with Crippen LogP contribution >= 0.6 is 0 Å². The predicted octanol–water partition coefficient (Wildman–Crippen LogP) is 1.25. The van der Waals surface area contributed by atoms with Gasteiger partial charge in [0.2, 0.25) is 0 Å². The summed E-state index contributed by atoms with van der Waals surface area (Å²) in [5.41, 5.74) is 7.98. The molecule has 0 amide bonds. The van der Waals surface area contributed by atoms with E-state index in [2.05, 4.69) is 29.6 Å². The monoisotopic (exact) mass is 206 g/mol. The van der Waals surface area contributed by atoms with Gasteiger partial charge in [-0.15, -0.1) is 0 Å². The van der Waals surface area contributed by atoms with Crippen LogP contribution in [0.1, 0.15) is 5.56 Å². The van der Waals surface area contributed by atoms with Gasteiger partial charge in [0.15, 0.2) is 0 Å². The van der Waals surface area contributed by atoms with Crippen LogP contribution in [-0.4, -0.2) is 26.3 Å². The summed E-state index contributed by atoms with van der Waals surface area (Å²) >= 11 is 0. The molecule has 1 heterocycles. The largest absolute Gasteiger partial charge is 0.385 e. The molecule has 1 aromatic carbocycles. The SMILES string of the molecule is NCCc1ccc(NCC2COC2)cc1. The van der Waals surface area contributed by atoms with E-state index in [0.29, 0.717) is 12.5 Å². The van der Waals surface area contributed by atoms with E-state index >= 15 is 0 Å². The third-order valence-corrected chi connectivity index (χ3v) is 2.69. The highest BCUT2D eigenvalue weighted by Crippen LogP contribution is 2.13. The molecule has 1 aliphatic rings. The Morgan fingerprint density at radius 2 is 2.00 bits per heavy atom. The third kappa shape index (κ3) is 2.94. The first-order chi connectivity index (χ1) is 7.38. The molecule has 0 atom stereocenters. The van der Waals surface area contributed by atoms with Crippen LogP contribution in [0.25, 0.3) is 0 Å². The molecule has 0 unspecified atom stereocenters. The molecule has 82 valence electrons. The van der Waals surface area contributed by atoms with E-state index in [-0.39, 0.29) is 0 Å². The Kier molecular flexibility index (Phi) is 3.59. The van der Waals surface area contributed by atoms with E-state index in [1.54, 1.807) is 0 Å². The van der Waals surface area contributed by atoms with Gasteiger partial charge in [0.1, 0.15) is 0 Å². The number of ether oxygens (including phenoxy) is 1. The summed E-state index contributed by atoms with van der Waals surface area (Å²) in [7, 11) is 0. The minimum Gasteiger partial charge on any atom is -0.385 e. The number of hydrogen-bond donors (Lipinski definition) is 2. The molecule has 0 aliphatic carbocycles. The van der Waals surface area contributed by atoms with Crippen molar-refractivity contribution < 1.29 is 4.74 Å². The molecule has 1 saturated heterocycles. The average molecular weight is 206 g/mol. The maximum absolute atomic E-state index is 5.49. The van der Waals surface area contributed by atoms with Crippen molar-refractivity contribution >= 4 is 5.69 Å². The molecular weight excluding hydrogens is 188 g/mol. The second-order valence-electron chi connectivity index (χ2n) is 4.02. The van der Waals surface area contributed by atoms with Crippen molar-refractivity contribution in [3.05, 3.63) is 29.8 Å². The molecular formula is C12H18N2O. The molecule has 1 aromatic rings. The second-order valence-corrected chi connectivity index (χ2v) is 4.02. The average Bonchev–Trinajstić information content (AvgIpc) is 2.19. The van der Waals surface area contributed by atoms with Gasteiger partial charge in [0.25, 0.3) is 0 Å². The first-order valence-electron chi connectivity index (χ1n) is 5.49. The van der Waals surface area contributed by atoms with E-state index in [1.807, 2.05) is 0 Å². The molecule has 3 N–H and O–H groups in total. The van der Waals surface area contributed by atoms with Gasteiger partial charge >= 0.3 is 0 Å². The molecule has 2 rings (SSSR count). The zero-order valence-corrected chi connectivity index (χ0v) is 8.91. The predicted molar refractivity (Wildman–Crippen MR) is 62.0 cm³/mol. The van der Waals surface area contributed by atoms with Gasteiger partial charge in [0.05, 0.1) is 13.2 Å². The summed E-state index contributed by atoms with van der Waals surface area (Å²) in [6, 6.07) is 8.49. The van der Waals surface area contributed by atoms with Gasteiger partial charge in [0, 0.05) is 18.2 Å². The summed E-state index contributed by atoms with van der Waals surface area (Å²) in [5, 5.41) is 3.40. The van der Waals surface area contributed by atoms with Crippen molar-refractivity contribution in [2.45, 2.75) is 6.42 Å². The molecule has 0 spiro atoms. The molecule has 3 nitrogen and oxygen atoms in total. The number of rotatable bonds is 5. The van der Waals surface area contributed by atoms with Crippen molar-refractivity contribution in [1.82, 2.24) is 0 Å². The van der Waals surface area contributed by atoms with Crippen LogP contribution in [0.3, 0.4) is 0 Å². The summed E-state index contributed by atoms with van der Waals surface area (Å²) in [6.07, 6.45) is 0.955. The minimum atomic E-state index is 0.689. The standard InChI is InChI=1S/C12H18N2O/c13-6-5-10-1-3-12(4-2-10)14-7-11-8-15-9-11/h1-4,11,14H,5-9,13H2. The van der Waals surface area contributed by atoms with Crippen molar-refractivity contribution in [3.8, 4) is 0 Å². The normalized spacial score (nSPS) is 16.1. The third-order valence-electron chi connectivity index (χ3n) is 2.69. The molecule has 0 bridgehead atoms. The van der Waals surface area contributed by atoms with Crippen LogP contribution in [0.15, 0.2) is 24.3 Å². The minimum absolute atomic E-state index is 0.689. The first-order valence-corrected chi connectivity index (χ1v) is 5.49. The maximum atomic E-state index is 5.49. The fraction of sp³-hybridized carbons (Fsp3) is 0.500. The van der Waals surface area contributed by atoms with Crippen LogP contribution in [0.2, 0.25) is 0 Å². The lowest BCUT2D eigenvalue weighted by atomic mass is 10.1. The summed E-state index contributed by atoms with van der Waals surface area (Å²) in [5.74, 6) is 0.689. The number of nitrogens with two attached hydrogens (primary N) is 1. The number of benzene rings is 1. The van der Waals surface area contributed by atoms with Crippen LogP contribution in [0.4, 0.5) is 5.69 Å². The van der Waals surface area contributed by atoms with E-state index in [9.17, 15) is 0 Å². The van der Waals surface area contributed by atoms with Crippen LogP contribution in [0.5, 0.6) is 0 Å². The van der Waals surface area contributed by atoms with Crippen LogP contribution in [0, 0.1) is 5.92 Å². The lowest BCUT2D eigenvalue weighted by molar-refractivity contribution is -0.0248. The zero-order valence-electron chi connectivity index (χ0n) is 8.91. The molecule has 0 saturated carbocycles. The van der Waals surface area contributed by atoms with Gasteiger partial charge in [-0.1, -0.05) is 12.1 Å². The molecule has 15 heavy (non-hydrogen) atoms. The van der Waals surface area contributed by atoms with Crippen molar-refractivity contribution in [1.29, 1.82) is 0 Å². The molecule has 1 fully saturated rings. The number of hydrogen-bond acceptors (Lipinski definition) is 3. The van der Waals surface area contributed by atoms with E-state index in [4.69, 9.17) is 10.5 Å². The maximum Gasteiger partial charge on any atom is 0.0533 e. The summed E-state index contributed by atoms with van der Waals surface area (Å²) < 4.78 is 5.12. The Morgan fingerprint density at radius 1 is 1.27 bits per heavy atom. The summed E-state index contributed by atoms with van der Waals surface area (Å²) in [6.45, 7) is 3.53. The lowest BCUT2D eigenvalue weighted by Gasteiger charge is -2.26. The van der Waals surface area contributed by atoms with Crippen molar-refractivity contribution in [3.63, 3.8) is 0 Å². The zero-order chi connectivity index (χ0) is 10.5. The van der Waals surface area contributed by atoms with Gasteiger partial charge in [-0.05, 0) is 30.7 Å². The van der Waals surface area contributed by atoms with E-state index < -0.39 is 0 Å². The summed E-state index contributed by atoms with van der Waals surface area (Å²) in [4.78, 5) is 0. The highest BCUT2D eigenvalue weighted by molar-refractivity contribution is 5.44. The first kappa shape index (κ1) is 10.5. The van der Waals surface area contributed by atoms with Gasteiger partial charge in [-0.25, -0.2) is 0 Å². The Balaban J connectivity index is 1.80.